The van der Waals surface area contributed by atoms with E-state index in [1.54, 1.807) is 39.0 Å². The van der Waals surface area contributed by atoms with Gasteiger partial charge in [0.05, 0.1) is 5.75 Å². The van der Waals surface area contributed by atoms with Gasteiger partial charge in [-0.05, 0) is 62.8 Å². The van der Waals surface area contributed by atoms with E-state index in [0.717, 1.165) is 31.4 Å². The highest BCUT2D eigenvalue weighted by atomic mass is 32.2. The van der Waals surface area contributed by atoms with Gasteiger partial charge in [0.2, 0.25) is 5.91 Å². The van der Waals surface area contributed by atoms with Crippen LogP contribution in [0, 0.1) is 12.8 Å². The minimum absolute atomic E-state index is 0.00249. The normalized spacial score (nSPS) is 17.8. The second-order valence-corrected chi connectivity index (χ2v) is 9.98. The molecule has 0 saturated carbocycles. The Balaban J connectivity index is 2.06. The van der Waals surface area contributed by atoms with Crippen molar-refractivity contribution in [3.63, 3.8) is 0 Å². The zero-order chi connectivity index (χ0) is 20.2. The molecule has 1 fully saturated rings. The molecule has 1 aliphatic rings. The Kier molecular flexibility index (Phi) is 7.03. The fourth-order valence-electron chi connectivity index (χ4n) is 3.46. The minimum atomic E-state index is -3.43. The number of carbonyl (C=O) groups is 2. The third-order valence-electron chi connectivity index (χ3n) is 4.75. The number of hydrogen-bond donors (Lipinski definition) is 1. The lowest BCUT2D eigenvalue weighted by Crippen LogP contribution is -2.42. The van der Waals surface area contributed by atoms with Crippen LogP contribution in [0.2, 0.25) is 0 Å². The molecule has 1 aromatic carbocycles. The highest BCUT2D eigenvalue weighted by molar-refractivity contribution is 7.92. The largest absolute Gasteiger partial charge is 0.336 e. The monoisotopic (exact) mass is 394 g/mol. The molecule has 1 unspecified atom stereocenters. The first-order valence-corrected chi connectivity index (χ1v) is 11.3. The van der Waals surface area contributed by atoms with Crippen molar-refractivity contribution in [3.05, 3.63) is 29.3 Å². The first-order valence-electron chi connectivity index (χ1n) is 9.51. The van der Waals surface area contributed by atoms with Gasteiger partial charge >= 0.3 is 0 Å². The van der Waals surface area contributed by atoms with Crippen molar-refractivity contribution in [1.29, 1.82) is 0 Å². The molecule has 150 valence electrons. The van der Waals surface area contributed by atoms with Gasteiger partial charge in [0, 0.05) is 23.8 Å². The molecule has 1 N–H and O–H groups in total. The summed E-state index contributed by atoms with van der Waals surface area (Å²) in [6.07, 6.45) is 3.19. The van der Waals surface area contributed by atoms with E-state index in [0.29, 0.717) is 11.3 Å². The number of sulfone groups is 1. The standard InChI is InChI=1S/C20H30N2O4S/c1-14(2)12-27(25,26)13-19(23)21-18-9-8-17(11-15(18)3)20(24)22-10-6-5-7-16(22)4/h8-9,11,14,16H,5-7,10,12-13H2,1-4H3,(H,21,23). The molecule has 0 aromatic heterocycles. The molecule has 2 amide bonds. The number of aryl methyl sites for hydroxylation is 1. The van der Waals surface area contributed by atoms with E-state index in [1.165, 1.54) is 0 Å². The smallest absolute Gasteiger partial charge is 0.254 e. The van der Waals surface area contributed by atoms with Crippen molar-refractivity contribution >= 4 is 27.3 Å². The molecule has 0 radical (unpaired) electrons. The van der Waals surface area contributed by atoms with E-state index < -0.39 is 21.5 Å². The van der Waals surface area contributed by atoms with Gasteiger partial charge in [-0.2, -0.15) is 0 Å². The number of nitrogens with one attached hydrogen (secondary N) is 1. The maximum Gasteiger partial charge on any atom is 0.254 e. The maximum absolute atomic E-state index is 12.7. The Hall–Kier alpha value is -1.89. The van der Waals surface area contributed by atoms with Crippen molar-refractivity contribution in [2.75, 3.05) is 23.4 Å². The van der Waals surface area contributed by atoms with Gasteiger partial charge in [-0.25, -0.2) is 8.42 Å². The molecule has 27 heavy (non-hydrogen) atoms. The Labute approximate surface area is 162 Å². The minimum Gasteiger partial charge on any atom is -0.336 e. The van der Waals surface area contributed by atoms with Crippen LogP contribution in [-0.4, -0.2) is 49.2 Å². The van der Waals surface area contributed by atoms with Crippen molar-refractivity contribution in [1.82, 2.24) is 4.90 Å². The quantitative estimate of drug-likeness (QED) is 0.804. The van der Waals surface area contributed by atoms with E-state index in [-0.39, 0.29) is 23.6 Å². The summed E-state index contributed by atoms with van der Waals surface area (Å²) in [5.74, 6) is -1.12. The van der Waals surface area contributed by atoms with E-state index in [9.17, 15) is 18.0 Å². The van der Waals surface area contributed by atoms with Crippen LogP contribution in [0.15, 0.2) is 18.2 Å². The summed E-state index contributed by atoms with van der Waals surface area (Å²) in [6, 6.07) is 5.35. The summed E-state index contributed by atoms with van der Waals surface area (Å²) < 4.78 is 23.9. The highest BCUT2D eigenvalue weighted by Crippen LogP contribution is 2.22. The molecule has 7 heteroatoms. The van der Waals surface area contributed by atoms with Crippen LogP contribution < -0.4 is 5.32 Å². The summed E-state index contributed by atoms with van der Waals surface area (Å²) in [7, 11) is -3.43. The Morgan fingerprint density at radius 1 is 1.26 bits per heavy atom. The van der Waals surface area contributed by atoms with Crippen LogP contribution in [0.3, 0.4) is 0 Å². The number of carbonyl (C=O) groups excluding carboxylic acids is 2. The number of amides is 2. The summed E-state index contributed by atoms with van der Waals surface area (Å²) in [5, 5.41) is 2.65. The van der Waals surface area contributed by atoms with Crippen LogP contribution >= 0.6 is 0 Å². The van der Waals surface area contributed by atoms with E-state index in [1.807, 2.05) is 4.90 Å². The van der Waals surface area contributed by atoms with Crippen molar-refractivity contribution in [2.24, 2.45) is 5.92 Å². The van der Waals surface area contributed by atoms with Crippen LogP contribution in [0.5, 0.6) is 0 Å². The molecule has 6 nitrogen and oxygen atoms in total. The second-order valence-electron chi connectivity index (χ2n) is 7.87. The molecular weight excluding hydrogens is 364 g/mol. The van der Waals surface area contributed by atoms with Gasteiger partial charge in [-0.3, -0.25) is 9.59 Å². The third-order valence-corrected chi connectivity index (χ3v) is 6.63. The first-order chi connectivity index (χ1) is 12.6. The number of rotatable bonds is 6. The van der Waals surface area contributed by atoms with Gasteiger partial charge in [-0.15, -0.1) is 0 Å². The lowest BCUT2D eigenvalue weighted by atomic mass is 10.0. The number of hydrogen-bond acceptors (Lipinski definition) is 4. The average Bonchev–Trinajstić information content (AvgIpc) is 2.54. The summed E-state index contributed by atoms with van der Waals surface area (Å²) >= 11 is 0. The number of piperidine rings is 1. The zero-order valence-corrected chi connectivity index (χ0v) is 17.4. The molecule has 1 heterocycles. The summed E-state index contributed by atoms with van der Waals surface area (Å²) in [5.41, 5.74) is 1.86. The molecule has 0 spiro atoms. The Morgan fingerprint density at radius 3 is 2.56 bits per heavy atom. The van der Waals surface area contributed by atoms with Crippen LogP contribution in [0.4, 0.5) is 5.69 Å². The molecule has 0 bridgehead atoms. The topological polar surface area (TPSA) is 83.6 Å². The first kappa shape index (κ1) is 21.4. The average molecular weight is 395 g/mol. The maximum atomic E-state index is 12.7. The Morgan fingerprint density at radius 2 is 1.96 bits per heavy atom. The number of anilines is 1. The van der Waals surface area contributed by atoms with Gasteiger partial charge < -0.3 is 10.2 Å². The second kappa shape index (κ2) is 8.87. The van der Waals surface area contributed by atoms with Crippen LogP contribution in [-0.2, 0) is 14.6 Å². The van der Waals surface area contributed by atoms with Gasteiger partial charge in [0.15, 0.2) is 9.84 Å². The van der Waals surface area contributed by atoms with Crippen LogP contribution in [0.25, 0.3) is 0 Å². The zero-order valence-electron chi connectivity index (χ0n) is 16.6. The molecule has 2 rings (SSSR count). The van der Waals surface area contributed by atoms with Gasteiger partial charge in [0.25, 0.3) is 5.91 Å². The number of benzene rings is 1. The highest BCUT2D eigenvalue weighted by Gasteiger charge is 2.24. The molecule has 0 aliphatic carbocycles. The molecule has 1 saturated heterocycles. The fourth-order valence-corrected chi connectivity index (χ4v) is 5.06. The summed E-state index contributed by atoms with van der Waals surface area (Å²) in [4.78, 5) is 26.7. The predicted molar refractivity (Wildman–Crippen MR) is 108 cm³/mol. The molecule has 1 aliphatic heterocycles. The van der Waals surface area contributed by atoms with E-state index >= 15 is 0 Å². The molecule has 1 atom stereocenters. The van der Waals surface area contributed by atoms with Gasteiger partial charge in [0.1, 0.15) is 5.75 Å². The van der Waals surface area contributed by atoms with Gasteiger partial charge in [-0.1, -0.05) is 13.8 Å². The third kappa shape index (κ3) is 6.06. The summed E-state index contributed by atoms with van der Waals surface area (Å²) in [6.45, 7) is 8.24. The fraction of sp³-hybridized carbons (Fsp3) is 0.600. The lowest BCUT2D eigenvalue weighted by Gasteiger charge is -2.33. The van der Waals surface area contributed by atoms with Crippen LogP contribution in [0.1, 0.15) is 56.0 Å². The lowest BCUT2D eigenvalue weighted by molar-refractivity contribution is -0.113. The van der Waals surface area contributed by atoms with Crippen molar-refractivity contribution in [3.8, 4) is 0 Å². The molecular formula is C20H30N2O4S. The van der Waals surface area contributed by atoms with Crippen molar-refractivity contribution < 1.29 is 18.0 Å². The number of nitrogens with zero attached hydrogens (tertiary/aromatic N) is 1. The number of likely N-dealkylation sites (tertiary alicyclic amines) is 1. The SMILES string of the molecule is Cc1cc(C(=O)N2CCCCC2C)ccc1NC(=O)CS(=O)(=O)CC(C)C. The molecule has 1 aromatic rings. The predicted octanol–water partition coefficient (Wildman–Crippen LogP) is 3.02. The van der Waals surface area contributed by atoms with E-state index in [2.05, 4.69) is 12.2 Å². The van der Waals surface area contributed by atoms with Crippen molar-refractivity contribution in [2.45, 2.75) is 53.0 Å². The van der Waals surface area contributed by atoms with E-state index in [4.69, 9.17) is 0 Å². The Bertz CT molecular complexity index is 802.